The van der Waals surface area contributed by atoms with Crippen LogP contribution in [0.2, 0.25) is 0 Å². The normalized spacial score (nSPS) is 16.4. The van der Waals surface area contributed by atoms with Crippen molar-refractivity contribution in [2.75, 3.05) is 32.0 Å². The summed E-state index contributed by atoms with van der Waals surface area (Å²) in [4.78, 5) is 14.4. The topological polar surface area (TPSA) is 44.4 Å². The third-order valence-corrected chi connectivity index (χ3v) is 4.07. The van der Waals surface area contributed by atoms with E-state index in [9.17, 15) is 4.79 Å². The van der Waals surface area contributed by atoms with Crippen molar-refractivity contribution in [2.24, 2.45) is 0 Å². The standard InChI is InChI=1S/C16H25N3O/c1-12-5-4-6-13(2)16(12)18-15(20)11-19(3)14-7-9-17-10-8-14/h4-6,14,17H,7-11H2,1-3H3,(H,18,20). The maximum Gasteiger partial charge on any atom is 0.238 e. The van der Waals surface area contributed by atoms with E-state index in [0.29, 0.717) is 12.6 Å². The average molecular weight is 275 g/mol. The van der Waals surface area contributed by atoms with E-state index in [2.05, 4.69) is 15.5 Å². The van der Waals surface area contributed by atoms with Gasteiger partial charge in [-0.05, 0) is 58.0 Å². The molecule has 0 bridgehead atoms. The van der Waals surface area contributed by atoms with Crippen LogP contribution in [-0.4, -0.2) is 43.5 Å². The summed E-state index contributed by atoms with van der Waals surface area (Å²) in [6, 6.07) is 6.58. The number of para-hydroxylation sites is 1. The van der Waals surface area contributed by atoms with Crippen LogP contribution in [0.25, 0.3) is 0 Å². The monoisotopic (exact) mass is 275 g/mol. The van der Waals surface area contributed by atoms with E-state index in [1.807, 2.05) is 39.1 Å². The Labute approximate surface area is 121 Å². The van der Waals surface area contributed by atoms with Gasteiger partial charge in [0, 0.05) is 11.7 Å². The number of hydrogen-bond acceptors (Lipinski definition) is 3. The van der Waals surface area contributed by atoms with Crippen molar-refractivity contribution < 1.29 is 4.79 Å². The van der Waals surface area contributed by atoms with Crippen LogP contribution in [0.5, 0.6) is 0 Å². The van der Waals surface area contributed by atoms with Crippen molar-refractivity contribution in [3.63, 3.8) is 0 Å². The van der Waals surface area contributed by atoms with Gasteiger partial charge in [-0.25, -0.2) is 0 Å². The van der Waals surface area contributed by atoms with E-state index in [4.69, 9.17) is 0 Å². The average Bonchev–Trinajstić information content (AvgIpc) is 2.44. The fourth-order valence-corrected chi connectivity index (χ4v) is 2.79. The van der Waals surface area contributed by atoms with Gasteiger partial charge in [0.2, 0.25) is 5.91 Å². The number of rotatable bonds is 4. The van der Waals surface area contributed by atoms with Crippen molar-refractivity contribution in [1.29, 1.82) is 0 Å². The van der Waals surface area contributed by atoms with E-state index in [1.165, 1.54) is 0 Å². The van der Waals surface area contributed by atoms with Gasteiger partial charge >= 0.3 is 0 Å². The second-order valence-corrected chi connectivity index (χ2v) is 5.71. The predicted octanol–water partition coefficient (Wildman–Crippen LogP) is 1.93. The van der Waals surface area contributed by atoms with E-state index in [1.54, 1.807) is 0 Å². The second-order valence-electron chi connectivity index (χ2n) is 5.71. The van der Waals surface area contributed by atoms with Gasteiger partial charge in [0.1, 0.15) is 0 Å². The summed E-state index contributed by atoms with van der Waals surface area (Å²) in [6.07, 6.45) is 2.24. The molecule has 0 aromatic heterocycles. The number of piperidine rings is 1. The fourth-order valence-electron chi connectivity index (χ4n) is 2.79. The van der Waals surface area contributed by atoms with Gasteiger partial charge in [0.25, 0.3) is 0 Å². The molecule has 0 aliphatic carbocycles. The summed E-state index contributed by atoms with van der Waals surface area (Å²) in [7, 11) is 2.04. The molecular formula is C16H25N3O. The molecule has 1 heterocycles. The van der Waals surface area contributed by atoms with Crippen molar-refractivity contribution in [1.82, 2.24) is 10.2 Å². The molecule has 0 atom stereocenters. The number of benzene rings is 1. The van der Waals surface area contributed by atoms with Crippen LogP contribution in [0.4, 0.5) is 5.69 Å². The Hall–Kier alpha value is -1.39. The summed E-state index contributed by atoms with van der Waals surface area (Å²) in [6.45, 7) is 6.61. The summed E-state index contributed by atoms with van der Waals surface area (Å²) in [5.41, 5.74) is 3.18. The molecule has 0 unspecified atom stereocenters. The number of anilines is 1. The molecule has 1 aromatic carbocycles. The Bertz CT molecular complexity index is 447. The first-order valence-corrected chi connectivity index (χ1v) is 7.35. The number of carbonyl (C=O) groups is 1. The first-order valence-electron chi connectivity index (χ1n) is 7.35. The number of carbonyl (C=O) groups excluding carboxylic acids is 1. The molecular weight excluding hydrogens is 250 g/mol. The van der Waals surface area contributed by atoms with E-state index < -0.39 is 0 Å². The van der Waals surface area contributed by atoms with E-state index in [0.717, 1.165) is 42.7 Å². The lowest BCUT2D eigenvalue weighted by Gasteiger charge is -2.31. The van der Waals surface area contributed by atoms with Crippen LogP contribution in [0, 0.1) is 13.8 Å². The molecule has 0 radical (unpaired) electrons. The highest BCUT2D eigenvalue weighted by atomic mass is 16.2. The quantitative estimate of drug-likeness (QED) is 0.882. The Morgan fingerprint density at radius 2 is 1.90 bits per heavy atom. The van der Waals surface area contributed by atoms with Crippen LogP contribution in [0.3, 0.4) is 0 Å². The van der Waals surface area contributed by atoms with Gasteiger partial charge in [-0.2, -0.15) is 0 Å². The van der Waals surface area contributed by atoms with Gasteiger partial charge in [-0.1, -0.05) is 18.2 Å². The SMILES string of the molecule is Cc1cccc(C)c1NC(=O)CN(C)C1CCNCC1. The highest BCUT2D eigenvalue weighted by Gasteiger charge is 2.19. The van der Waals surface area contributed by atoms with E-state index >= 15 is 0 Å². The molecule has 0 spiro atoms. The molecule has 1 saturated heterocycles. The molecule has 4 nitrogen and oxygen atoms in total. The van der Waals surface area contributed by atoms with Crippen molar-refractivity contribution >= 4 is 11.6 Å². The van der Waals surface area contributed by atoms with E-state index in [-0.39, 0.29) is 5.91 Å². The van der Waals surface area contributed by atoms with Crippen LogP contribution in [-0.2, 0) is 4.79 Å². The summed E-state index contributed by atoms with van der Waals surface area (Å²) < 4.78 is 0. The third kappa shape index (κ3) is 3.81. The molecule has 1 aromatic rings. The third-order valence-electron chi connectivity index (χ3n) is 4.07. The Morgan fingerprint density at radius 1 is 1.30 bits per heavy atom. The predicted molar refractivity (Wildman–Crippen MR) is 83.1 cm³/mol. The lowest BCUT2D eigenvalue weighted by Crippen LogP contribution is -2.44. The van der Waals surface area contributed by atoms with Gasteiger partial charge in [0.15, 0.2) is 0 Å². The van der Waals surface area contributed by atoms with Crippen LogP contribution in [0.1, 0.15) is 24.0 Å². The lowest BCUT2D eigenvalue weighted by molar-refractivity contribution is -0.117. The molecule has 2 N–H and O–H groups in total. The van der Waals surface area contributed by atoms with Crippen LogP contribution < -0.4 is 10.6 Å². The first kappa shape index (κ1) is 15.0. The minimum atomic E-state index is 0.0726. The number of nitrogens with zero attached hydrogens (tertiary/aromatic N) is 1. The molecule has 2 rings (SSSR count). The van der Waals surface area contributed by atoms with Gasteiger partial charge in [-0.3, -0.25) is 9.69 Å². The summed E-state index contributed by atoms with van der Waals surface area (Å²) in [5, 5.41) is 6.40. The van der Waals surface area contributed by atoms with Crippen molar-refractivity contribution in [3.8, 4) is 0 Å². The van der Waals surface area contributed by atoms with Crippen LogP contribution in [0.15, 0.2) is 18.2 Å². The largest absolute Gasteiger partial charge is 0.324 e. The van der Waals surface area contributed by atoms with Crippen LogP contribution >= 0.6 is 0 Å². The fraction of sp³-hybridized carbons (Fsp3) is 0.562. The molecule has 1 aliphatic rings. The highest BCUT2D eigenvalue weighted by molar-refractivity contribution is 5.93. The molecule has 4 heteroatoms. The first-order chi connectivity index (χ1) is 9.58. The highest BCUT2D eigenvalue weighted by Crippen LogP contribution is 2.19. The zero-order chi connectivity index (χ0) is 14.5. The molecule has 1 amide bonds. The van der Waals surface area contributed by atoms with Gasteiger partial charge < -0.3 is 10.6 Å². The Morgan fingerprint density at radius 3 is 2.50 bits per heavy atom. The zero-order valence-electron chi connectivity index (χ0n) is 12.7. The maximum absolute atomic E-state index is 12.2. The summed E-state index contributed by atoms with van der Waals surface area (Å²) in [5.74, 6) is 0.0726. The maximum atomic E-state index is 12.2. The molecule has 1 aliphatic heterocycles. The van der Waals surface area contributed by atoms with Gasteiger partial charge in [0.05, 0.1) is 6.54 Å². The number of hydrogen-bond donors (Lipinski definition) is 2. The van der Waals surface area contributed by atoms with Gasteiger partial charge in [-0.15, -0.1) is 0 Å². The smallest absolute Gasteiger partial charge is 0.238 e. The molecule has 20 heavy (non-hydrogen) atoms. The number of nitrogens with one attached hydrogen (secondary N) is 2. The number of aryl methyl sites for hydroxylation is 2. The Kier molecular flexibility index (Phi) is 5.15. The Balaban J connectivity index is 1.91. The molecule has 1 fully saturated rings. The second kappa shape index (κ2) is 6.86. The number of likely N-dealkylation sites (N-methyl/N-ethyl adjacent to an activating group) is 1. The van der Waals surface area contributed by atoms with Crippen molar-refractivity contribution in [2.45, 2.75) is 32.7 Å². The summed E-state index contributed by atoms with van der Waals surface area (Å²) >= 11 is 0. The number of amides is 1. The molecule has 0 saturated carbocycles. The molecule has 110 valence electrons. The zero-order valence-corrected chi connectivity index (χ0v) is 12.7. The minimum Gasteiger partial charge on any atom is -0.324 e. The minimum absolute atomic E-state index is 0.0726. The van der Waals surface area contributed by atoms with Crippen molar-refractivity contribution in [3.05, 3.63) is 29.3 Å². The lowest BCUT2D eigenvalue weighted by atomic mass is 10.1.